The molecule has 6 heterocycles. The maximum atomic E-state index is 12.3. The standard InChI is InChI=1S/C20H24O6.C20H22O6.C19H22O5.C18H20O5.C18H20O4.C18H18O4.6H3N/c2*1-24-16-9-13(10-17(25-2)19(16)23)20-18(22)15(21)11-14(26-20)8-12-6-4-3-5-7-12;1-23-17-10-13(7-8-15(17)20)19-18(22)16(21)11-14(24-19)9-12-5-3-2-4-6-12;19-14-7-6-12(9-15(14)20)18-17(22)16(21)10-13(23-18)8-11-4-2-1-3-5-11;2*19-14-8-6-13(7-9-14)18-17(21)16(20)11-15(22-18)10-12-4-2-1-3-5-12;;;;;;/h9-12,22-23H,3-8H2,1-2H3;9-12H,3-8H2,1-2H3;7-8,10-12,20,22H,2-6,9H2,1H3;6-7,9-11,19-20,22H,1-5,8H2;6-9,11-12,19,21H,1-5,10H2;6-9,11-12H,1-5,10H2;6*1H3. The fourth-order valence-electron chi connectivity index (χ4n) is 19.8. The van der Waals surface area contributed by atoms with Crippen LogP contribution in [0.15, 0.2) is 228 Å². The molecule has 27 N–H and O–H groups in total. The Morgan fingerprint density at radius 1 is 0.268 bits per heavy atom. The van der Waals surface area contributed by atoms with Gasteiger partial charge in [0.1, 0.15) is 40.3 Å². The lowest BCUT2D eigenvalue weighted by atomic mass is 9.86. The van der Waals surface area contributed by atoms with Crippen molar-refractivity contribution in [1.29, 1.82) is 0 Å². The number of phenolic OH excluding ortho intramolecular Hbond substituents is 5. The molecule has 0 atom stereocenters. The Labute approximate surface area is 864 Å². The summed E-state index contributed by atoms with van der Waals surface area (Å²) in [6, 6.07) is 23.3. The van der Waals surface area contributed by atoms with Gasteiger partial charge < -0.3 is 134 Å². The van der Waals surface area contributed by atoms with Crippen LogP contribution < -0.4 is 72.8 Å². The lowest BCUT2D eigenvalue weighted by Gasteiger charge is -2.25. The third-order valence-electron chi connectivity index (χ3n) is 27.5. The van der Waals surface area contributed by atoms with Gasteiger partial charge in [-0.05, 0) is 145 Å². The number of benzene rings is 4. The van der Waals surface area contributed by atoms with E-state index in [-0.39, 0.29) is 141 Å². The zero-order chi connectivity index (χ0) is 102. The average Bonchev–Trinajstić information content (AvgIpc) is 0.795. The fraction of sp³-hybridized carbons (Fsp3) is 0.416. The molecule has 10 aliphatic rings. The van der Waals surface area contributed by atoms with Gasteiger partial charge in [0.05, 0.1) is 35.5 Å². The van der Waals surface area contributed by atoms with Crippen LogP contribution in [0.5, 0.6) is 69.0 Å². The van der Waals surface area contributed by atoms with Crippen molar-refractivity contribution in [3.63, 3.8) is 0 Å². The van der Waals surface area contributed by atoms with E-state index in [4.69, 9.17) is 50.8 Å². The first-order chi connectivity index (χ1) is 68.9. The first kappa shape index (κ1) is 121. The summed E-state index contributed by atoms with van der Waals surface area (Å²) in [6.07, 6.45) is 51.0. The summed E-state index contributed by atoms with van der Waals surface area (Å²) in [5.74, 6) is 1.92. The molecule has 149 heavy (non-hydrogen) atoms. The zero-order valence-electron chi connectivity index (χ0n) is 85.6. The highest BCUT2D eigenvalue weighted by atomic mass is 16.5. The molecular weight excluding hydrogens is 1920 g/mol. The molecule has 0 bridgehead atoms. The SMILES string of the molecule is COC1=CC(=C2OC(CC3CCCCC3)=CC(=O)C2=O)C=C(OC)C1=O.COc1cc(-c2oc(CC3CCCCC3)cc(=O)c2O)cc(OC)c1O.COc1cc(-c2oc(CC3CCCCC3)cc(=O)c2O)ccc1O.N.N.N.N.N.N.O=C1C=CC(=C2OC(CC3CCCCC3)=CC(=O)C2=O)C=C1.O=c1cc(CC2CCCCC2)oc(-c2ccc(O)c(O)c2)c1O.O=c1cc(CC2CCCCC2)oc(-c2ccc(O)cc2)c1O. The summed E-state index contributed by atoms with van der Waals surface area (Å²) in [6.45, 7) is 0. The number of rotatable bonds is 21. The van der Waals surface area contributed by atoms with E-state index in [1.807, 2.05) is 0 Å². The number of hydrogen-bond acceptors (Lipinski definition) is 36. The summed E-state index contributed by atoms with van der Waals surface area (Å²) in [4.78, 5) is 120. The number of ether oxygens (including phenoxy) is 7. The smallest absolute Gasteiger partial charge is 0.268 e. The molecule has 0 radical (unpaired) electrons. The van der Waals surface area contributed by atoms with Gasteiger partial charge in [-0.3, -0.25) is 47.9 Å². The van der Waals surface area contributed by atoms with Gasteiger partial charge in [-0.25, -0.2) is 0 Å². The number of Topliss-reactive ketones (excluding diaryl/α,β-unsaturated/α-hetero) is 3. The number of methoxy groups -OCH3 is 5. The van der Waals surface area contributed by atoms with Gasteiger partial charge in [-0.1, -0.05) is 193 Å². The molecule has 6 saturated carbocycles. The van der Waals surface area contributed by atoms with Crippen LogP contribution in [0.25, 0.3) is 45.3 Å². The number of allylic oxidation sites excluding steroid dienone is 14. The van der Waals surface area contributed by atoms with Gasteiger partial charge in [0.15, 0.2) is 86.4 Å². The molecule has 18 rings (SSSR count). The number of hydrogen-bond donors (Lipinski definition) is 15. The van der Waals surface area contributed by atoms with Crippen LogP contribution in [0.2, 0.25) is 0 Å². The van der Waals surface area contributed by atoms with E-state index in [9.17, 15) is 93.9 Å². The predicted octanol–water partition coefficient (Wildman–Crippen LogP) is 21.9. The molecule has 0 amide bonds. The van der Waals surface area contributed by atoms with Gasteiger partial charge in [0.25, 0.3) is 17.3 Å². The molecule has 8 aliphatic carbocycles. The molecule has 6 fully saturated rings. The highest BCUT2D eigenvalue weighted by Gasteiger charge is 2.36. The minimum absolute atomic E-state index is 0. The minimum atomic E-state index is -0.736. The molecule has 2 aliphatic heterocycles. The molecule has 4 aromatic carbocycles. The van der Waals surface area contributed by atoms with Crippen molar-refractivity contribution in [2.45, 2.75) is 231 Å². The Bertz CT molecular complexity index is 6420. The maximum Gasteiger partial charge on any atom is 0.268 e. The Kier molecular flexibility index (Phi) is 47.2. The van der Waals surface area contributed by atoms with Crippen molar-refractivity contribution in [2.75, 3.05) is 35.5 Å². The van der Waals surface area contributed by atoms with Crippen LogP contribution in [0, 0.1) is 35.5 Å². The predicted molar refractivity (Wildman–Crippen MR) is 561 cm³/mol. The maximum absolute atomic E-state index is 12.3. The lowest BCUT2D eigenvalue weighted by Crippen LogP contribution is -2.25. The fourth-order valence-corrected chi connectivity index (χ4v) is 19.8. The number of ketones is 6. The summed E-state index contributed by atoms with van der Waals surface area (Å²) in [5.41, 5.74) is 0.750. The molecule has 4 aromatic heterocycles. The first-order valence-electron chi connectivity index (χ1n) is 49.4. The van der Waals surface area contributed by atoms with Gasteiger partial charge in [0.2, 0.25) is 62.0 Å². The number of carbonyl (C=O) groups excluding carboxylic acids is 6. The molecular formula is C113H144N6O30. The van der Waals surface area contributed by atoms with E-state index < -0.39 is 67.9 Å². The third-order valence-corrected chi connectivity index (χ3v) is 27.5. The average molecular weight is 2070 g/mol. The van der Waals surface area contributed by atoms with Gasteiger partial charge in [-0.15, -0.1) is 0 Å². The summed E-state index contributed by atoms with van der Waals surface area (Å²) in [7, 11) is 6.97. The second kappa shape index (κ2) is 58.1. The summed E-state index contributed by atoms with van der Waals surface area (Å²) >= 11 is 0. The van der Waals surface area contributed by atoms with Gasteiger partial charge in [-0.2, -0.15) is 0 Å². The zero-order valence-corrected chi connectivity index (χ0v) is 85.6. The summed E-state index contributed by atoms with van der Waals surface area (Å²) < 4.78 is 60.2. The second-order valence-corrected chi connectivity index (χ2v) is 37.8. The van der Waals surface area contributed by atoms with E-state index in [0.717, 1.165) is 70.6 Å². The molecule has 0 saturated heterocycles. The topological polar surface area (TPSA) is 680 Å². The van der Waals surface area contributed by atoms with Crippen LogP contribution >= 0.6 is 0 Å². The molecule has 0 spiro atoms. The summed E-state index contributed by atoms with van der Waals surface area (Å²) in [5, 5.41) is 88.4. The van der Waals surface area contributed by atoms with Crippen molar-refractivity contribution in [3.8, 4) is 114 Å². The van der Waals surface area contributed by atoms with Crippen molar-refractivity contribution < 1.29 is 126 Å². The normalized spacial score (nSPS) is 17.0. The Hall–Kier alpha value is -14.8. The van der Waals surface area contributed by atoms with E-state index in [1.54, 1.807) is 18.2 Å². The van der Waals surface area contributed by atoms with E-state index in [2.05, 4.69) is 0 Å². The number of phenols is 5. The van der Waals surface area contributed by atoms with Gasteiger partial charge in [0, 0.05) is 108 Å². The van der Waals surface area contributed by atoms with Crippen LogP contribution in [-0.2, 0) is 73.4 Å². The minimum Gasteiger partial charge on any atom is -0.508 e. The highest BCUT2D eigenvalue weighted by Crippen LogP contribution is 2.46. The largest absolute Gasteiger partial charge is 0.508 e. The number of carbonyl (C=O) groups is 6. The van der Waals surface area contributed by atoms with Crippen molar-refractivity contribution in [3.05, 3.63) is 255 Å². The first-order valence-corrected chi connectivity index (χ1v) is 49.4. The van der Waals surface area contributed by atoms with Crippen LogP contribution in [0.1, 0.15) is 229 Å². The van der Waals surface area contributed by atoms with Crippen LogP contribution in [0.3, 0.4) is 0 Å². The second-order valence-electron chi connectivity index (χ2n) is 37.8. The lowest BCUT2D eigenvalue weighted by molar-refractivity contribution is -0.134. The third kappa shape index (κ3) is 32.6. The Morgan fingerprint density at radius 3 is 0.879 bits per heavy atom. The molecule has 806 valence electrons. The quantitative estimate of drug-likeness (QED) is 0.0180. The van der Waals surface area contributed by atoms with Crippen molar-refractivity contribution in [2.24, 2.45) is 35.5 Å². The molecule has 8 aromatic rings. The molecule has 36 nitrogen and oxygen atoms in total. The van der Waals surface area contributed by atoms with Crippen molar-refractivity contribution >= 4 is 34.7 Å². The molecule has 0 unspecified atom stereocenters. The van der Waals surface area contributed by atoms with Crippen molar-refractivity contribution in [1.82, 2.24) is 36.9 Å². The van der Waals surface area contributed by atoms with Crippen LogP contribution in [0.4, 0.5) is 0 Å². The van der Waals surface area contributed by atoms with Crippen LogP contribution in [-0.4, -0.2) is 116 Å². The highest BCUT2D eigenvalue weighted by molar-refractivity contribution is 6.48. The number of aromatic hydroxyl groups is 9. The van der Waals surface area contributed by atoms with E-state index >= 15 is 0 Å². The Morgan fingerprint density at radius 2 is 0.557 bits per heavy atom. The van der Waals surface area contributed by atoms with E-state index in [0.29, 0.717) is 136 Å². The van der Waals surface area contributed by atoms with E-state index in [1.165, 1.54) is 291 Å². The monoisotopic (exact) mass is 2060 g/mol. The van der Waals surface area contributed by atoms with Gasteiger partial charge >= 0.3 is 0 Å². The Balaban J connectivity index is 0.000000240. The molecule has 36 heteroatoms.